The fourth-order valence-corrected chi connectivity index (χ4v) is 2.13. The number of aromatic amines is 1. The Morgan fingerprint density at radius 2 is 1.84 bits per heavy atom. The van der Waals surface area contributed by atoms with E-state index in [-0.39, 0.29) is 0 Å². The van der Waals surface area contributed by atoms with Crippen molar-refractivity contribution in [2.75, 3.05) is 23.3 Å². The topological polar surface area (TPSA) is 44.0 Å². The summed E-state index contributed by atoms with van der Waals surface area (Å²) in [5.74, 6) is 0. The van der Waals surface area contributed by atoms with Crippen molar-refractivity contribution in [2.24, 2.45) is 0 Å². The molecule has 0 aliphatic rings. The van der Waals surface area contributed by atoms with Gasteiger partial charge in [-0.25, -0.2) is 4.98 Å². The van der Waals surface area contributed by atoms with E-state index in [1.54, 1.807) is 6.33 Å². The smallest absolute Gasteiger partial charge is 0.0925 e. The zero-order valence-corrected chi connectivity index (χ0v) is 11.9. The Morgan fingerprint density at radius 1 is 1.16 bits per heavy atom. The molecule has 19 heavy (non-hydrogen) atoms. The Bertz CT molecular complexity index is 497. The second-order valence-corrected chi connectivity index (χ2v) is 4.55. The van der Waals surface area contributed by atoms with Gasteiger partial charge in [0.1, 0.15) is 0 Å². The van der Waals surface area contributed by atoms with Crippen molar-refractivity contribution in [1.29, 1.82) is 0 Å². The van der Waals surface area contributed by atoms with Crippen molar-refractivity contribution in [2.45, 2.75) is 27.3 Å². The molecular weight excluding hydrogens is 236 g/mol. The first-order valence-corrected chi connectivity index (χ1v) is 6.82. The quantitative estimate of drug-likeness (QED) is 0.836. The lowest BCUT2D eigenvalue weighted by Crippen LogP contribution is -2.21. The fraction of sp³-hybridized carbons (Fsp3) is 0.400. The summed E-state index contributed by atoms with van der Waals surface area (Å²) >= 11 is 0. The van der Waals surface area contributed by atoms with Crippen LogP contribution in [-0.2, 0) is 6.54 Å². The number of aromatic nitrogens is 2. The average Bonchev–Trinajstić information content (AvgIpc) is 2.85. The number of H-pyrrole nitrogens is 1. The summed E-state index contributed by atoms with van der Waals surface area (Å²) in [6.07, 6.45) is 1.73. The number of hydrogen-bond acceptors (Lipinski definition) is 3. The van der Waals surface area contributed by atoms with Crippen LogP contribution in [0.5, 0.6) is 0 Å². The first-order valence-electron chi connectivity index (χ1n) is 6.82. The predicted molar refractivity (Wildman–Crippen MR) is 80.7 cm³/mol. The molecule has 0 unspecified atom stereocenters. The molecule has 2 aromatic rings. The average molecular weight is 258 g/mol. The number of benzene rings is 1. The van der Waals surface area contributed by atoms with Gasteiger partial charge in [0, 0.05) is 30.2 Å². The van der Waals surface area contributed by atoms with E-state index in [0.717, 1.165) is 36.7 Å². The van der Waals surface area contributed by atoms with Crippen LogP contribution in [0.2, 0.25) is 0 Å². The third kappa shape index (κ3) is 3.28. The highest BCUT2D eigenvalue weighted by atomic mass is 15.1. The minimum atomic E-state index is 0.750. The Hall–Kier alpha value is -1.97. The van der Waals surface area contributed by atoms with Crippen molar-refractivity contribution in [3.63, 3.8) is 0 Å². The number of imidazole rings is 1. The van der Waals surface area contributed by atoms with Crippen LogP contribution in [0.25, 0.3) is 0 Å². The van der Waals surface area contributed by atoms with Gasteiger partial charge in [0.05, 0.1) is 18.6 Å². The molecule has 0 saturated carbocycles. The summed E-state index contributed by atoms with van der Waals surface area (Å²) in [5.41, 5.74) is 4.57. The highest BCUT2D eigenvalue weighted by molar-refractivity contribution is 5.55. The molecule has 0 atom stereocenters. The minimum Gasteiger partial charge on any atom is -0.379 e. The zero-order valence-electron chi connectivity index (χ0n) is 11.9. The van der Waals surface area contributed by atoms with Gasteiger partial charge in [-0.15, -0.1) is 0 Å². The SMILES string of the molecule is CCN(CC)c1ccc(NCc2nc[nH]c2C)cc1. The molecule has 0 saturated heterocycles. The van der Waals surface area contributed by atoms with Crippen molar-refractivity contribution in [3.8, 4) is 0 Å². The van der Waals surface area contributed by atoms with E-state index in [1.165, 1.54) is 5.69 Å². The van der Waals surface area contributed by atoms with Gasteiger partial charge in [-0.05, 0) is 45.0 Å². The fourth-order valence-electron chi connectivity index (χ4n) is 2.13. The van der Waals surface area contributed by atoms with Crippen LogP contribution >= 0.6 is 0 Å². The first-order chi connectivity index (χ1) is 9.24. The van der Waals surface area contributed by atoms with Crippen LogP contribution in [0.1, 0.15) is 25.2 Å². The second-order valence-electron chi connectivity index (χ2n) is 4.55. The Labute approximate surface area is 114 Å². The van der Waals surface area contributed by atoms with E-state index in [0.29, 0.717) is 0 Å². The minimum absolute atomic E-state index is 0.750. The van der Waals surface area contributed by atoms with Crippen LogP contribution in [0, 0.1) is 6.92 Å². The van der Waals surface area contributed by atoms with E-state index in [9.17, 15) is 0 Å². The lowest BCUT2D eigenvalue weighted by atomic mass is 10.2. The van der Waals surface area contributed by atoms with Gasteiger partial charge >= 0.3 is 0 Å². The summed E-state index contributed by atoms with van der Waals surface area (Å²) in [6, 6.07) is 8.56. The molecule has 2 rings (SSSR count). The molecule has 0 spiro atoms. The summed E-state index contributed by atoms with van der Waals surface area (Å²) in [5, 5.41) is 3.39. The molecule has 102 valence electrons. The van der Waals surface area contributed by atoms with Gasteiger partial charge in [-0.2, -0.15) is 0 Å². The van der Waals surface area contributed by atoms with Crippen LogP contribution in [0.3, 0.4) is 0 Å². The second kappa shape index (κ2) is 6.27. The lowest BCUT2D eigenvalue weighted by molar-refractivity contribution is 0.866. The van der Waals surface area contributed by atoms with E-state index in [4.69, 9.17) is 0 Å². The van der Waals surface area contributed by atoms with E-state index >= 15 is 0 Å². The van der Waals surface area contributed by atoms with E-state index in [1.807, 2.05) is 6.92 Å². The number of anilines is 2. The summed E-state index contributed by atoms with van der Waals surface area (Å²) in [7, 11) is 0. The predicted octanol–water partition coefficient (Wildman–Crippen LogP) is 3.18. The molecule has 4 heteroatoms. The molecule has 4 nitrogen and oxygen atoms in total. The molecule has 1 aromatic carbocycles. The summed E-state index contributed by atoms with van der Waals surface area (Å²) in [4.78, 5) is 9.70. The van der Waals surface area contributed by atoms with Crippen molar-refractivity contribution in [1.82, 2.24) is 9.97 Å². The van der Waals surface area contributed by atoms with Gasteiger partial charge in [0.15, 0.2) is 0 Å². The van der Waals surface area contributed by atoms with Crippen LogP contribution < -0.4 is 10.2 Å². The lowest BCUT2D eigenvalue weighted by Gasteiger charge is -2.21. The van der Waals surface area contributed by atoms with E-state index < -0.39 is 0 Å². The molecule has 0 amide bonds. The third-order valence-corrected chi connectivity index (χ3v) is 3.39. The molecule has 1 aromatic heterocycles. The third-order valence-electron chi connectivity index (χ3n) is 3.39. The Kier molecular flexibility index (Phi) is 4.44. The van der Waals surface area contributed by atoms with Gasteiger partial charge in [-0.3, -0.25) is 0 Å². The maximum atomic E-state index is 4.28. The monoisotopic (exact) mass is 258 g/mol. The molecule has 0 fully saturated rings. The molecule has 0 radical (unpaired) electrons. The van der Waals surface area contributed by atoms with Crippen molar-refractivity contribution in [3.05, 3.63) is 42.0 Å². The number of nitrogens with zero attached hydrogens (tertiary/aromatic N) is 2. The molecule has 2 N–H and O–H groups in total. The maximum absolute atomic E-state index is 4.28. The number of nitrogens with one attached hydrogen (secondary N) is 2. The van der Waals surface area contributed by atoms with Gasteiger partial charge < -0.3 is 15.2 Å². The molecule has 0 bridgehead atoms. The summed E-state index contributed by atoms with van der Waals surface area (Å²) < 4.78 is 0. The highest BCUT2D eigenvalue weighted by Crippen LogP contribution is 2.18. The molecule has 1 heterocycles. The highest BCUT2D eigenvalue weighted by Gasteiger charge is 2.03. The number of rotatable bonds is 6. The Morgan fingerprint density at radius 3 is 2.37 bits per heavy atom. The normalized spacial score (nSPS) is 10.5. The molecule has 0 aliphatic carbocycles. The number of hydrogen-bond donors (Lipinski definition) is 2. The van der Waals surface area contributed by atoms with Crippen LogP contribution in [0.4, 0.5) is 11.4 Å². The molecular formula is C15H22N4. The van der Waals surface area contributed by atoms with Crippen molar-refractivity contribution >= 4 is 11.4 Å². The first kappa shape index (κ1) is 13.5. The van der Waals surface area contributed by atoms with Gasteiger partial charge in [0.25, 0.3) is 0 Å². The Balaban J connectivity index is 1.97. The van der Waals surface area contributed by atoms with Crippen molar-refractivity contribution < 1.29 is 0 Å². The standard InChI is InChI=1S/C15H22N4/c1-4-19(5-2)14-8-6-13(7-9-14)16-10-15-12(3)17-11-18-15/h6-9,11,16H,4-5,10H2,1-3H3,(H,17,18). The maximum Gasteiger partial charge on any atom is 0.0925 e. The van der Waals surface area contributed by atoms with Gasteiger partial charge in [0.2, 0.25) is 0 Å². The van der Waals surface area contributed by atoms with Crippen LogP contribution in [0.15, 0.2) is 30.6 Å². The summed E-state index contributed by atoms with van der Waals surface area (Å²) in [6.45, 7) is 9.21. The molecule has 0 aliphatic heterocycles. The largest absolute Gasteiger partial charge is 0.379 e. The van der Waals surface area contributed by atoms with Gasteiger partial charge in [-0.1, -0.05) is 0 Å². The van der Waals surface area contributed by atoms with Crippen LogP contribution in [-0.4, -0.2) is 23.1 Å². The van der Waals surface area contributed by atoms with E-state index in [2.05, 4.69) is 58.3 Å². The number of aryl methyl sites for hydroxylation is 1. The zero-order chi connectivity index (χ0) is 13.7.